The van der Waals surface area contributed by atoms with E-state index >= 15 is 0 Å². The SMILES string of the molecule is CCCCC(Cc1ccc(O)cc1)Cc1ccc(O)cc1. The Morgan fingerprint density at radius 3 is 1.57 bits per heavy atom. The van der Waals surface area contributed by atoms with E-state index in [4.69, 9.17) is 0 Å². The molecule has 0 spiro atoms. The lowest BCUT2D eigenvalue weighted by Gasteiger charge is -2.17. The largest absolute Gasteiger partial charge is 0.508 e. The summed E-state index contributed by atoms with van der Waals surface area (Å²) in [4.78, 5) is 0. The first-order valence-corrected chi connectivity index (χ1v) is 7.73. The molecule has 0 atom stereocenters. The lowest BCUT2D eigenvalue weighted by atomic mass is 9.88. The first-order chi connectivity index (χ1) is 10.2. The third kappa shape index (κ3) is 5.14. The molecule has 112 valence electrons. The number of hydrogen-bond donors (Lipinski definition) is 2. The van der Waals surface area contributed by atoms with Crippen molar-refractivity contribution in [3.8, 4) is 11.5 Å². The Labute approximate surface area is 127 Å². The molecular formula is C19H24O2. The van der Waals surface area contributed by atoms with Crippen LogP contribution in [0.15, 0.2) is 48.5 Å². The second-order valence-corrected chi connectivity index (χ2v) is 5.75. The second kappa shape index (κ2) is 7.72. The number of phenolic OH excluding ortho intramolecular Hbond substituents is 2. The molecule has 0 saturated carbocycles. The van der Waals surface area contributed by atoms with Crippen LogP contribution < -0.4 is 0 Å². The van der Waals surface area contributed by atoms with Gasteiger partial charge in [0.2, 0.25) is 0 Å². The second-order valence-electron chi connectivity index (χ2n) is 5.75. The van der Waals surface area contributed by atoms with Crippen LogP contribution in [0.2, 0.25) is 0 Å². The minimum atomic E-state index is 0.322. The number of phenols is 2. The van der Waals surface area contributed by atoms with Gasteiger partial charge in [-0.15, -0.1) is 0 Å². The highest BCUT2D eigenvalue weighted by Gasteiger charge is 2.11. The summed E-state index contributed by atoms with van der Waals surface area (Å²) in [6, 6.07) is 15.0. The highest BCUT2D eigenvalue weighted by atomic mass is 16.3. The predicted molar refractivity (Wildman–Crippen MR) is 86.6 cm³/mol. The molecule has 0 aliphatic rings. The van der Waals surface area contributed by atoms with Crippen LogP contribution in [0.5, 0.6) is 11.5 Å². The quantitative estimate of drug-likeness (QED) is 0.774. The number of rotatable bonds is 7. The van der Waals surface area contributed by atoms with Crippen molar-refractivity contribution in [3.05, 3.63) is 59.7 Å². The van der Waals surface area contributed by atoms with Gasteiger partial charge in [0.25, 0.3) is 0 Å². The van der Waals surface area contributed by atoms with E-state index in [0.29, 0.717) is 17.4 Å². The minimum absolute atomic E-state index is 0.322. The summed E-state index contributed by atoms with van der Waals surface area (Å²) in [5.41, 5.74) is 2.54. The number of hydrogen-bond acceptors (Lipinski definition) is 2. The zero-order valence-electron chi connectivity index (χ0n) is 12.6. The molecule has 2 aromatic rings. The van der Waals surface area contributed by atoms with Crippen LogP contribution in [0.25, 0.3) is 0 Å². The molecule has 2 N–H and O–H groups in total. The monoisotopic (exact) mass is 284 g/mol. The highest BCUT2D eigenvalue weighted by molar-refractivity contribution is 5.28. The van der Waals surface area contributed by atoms with Gasteiger partial charge >= 0.3 is 0 Å². The molecule has 2 nitrogen and oxygen atoms in total. The van der Waals surface area contributed by atoms with Crippen molar-refractivity contribution in [2.45, 2.75) is 39.0 Å². The van der Waals surface area contributed by atoms with Crippen molar-refractivity contribution >= 4 is 0 Å². The molecule has 0 bridgehead atoms. The Bertz CT molecular complexity index is 481. The van der Waals surface area contributed by atoms with Gasteiger partial charge in [-0.05, 0) is 60.6 Å². The highest BCUT2D eigenvalue weighted by Crippen LogP contribution is 2.22. The molecule has 0 aliphatic carbocycles. The maximum Gasteiger partial charge on any atom is 0.115 e. The van der Waals surface area contributed by atoms with Gasteiger partial charge in [0, 0.05) is 0 Å². The predicted octanol–water partition coefficient (Wildman–Crippen LogP) is 4.69. The van der Waals surface area contributed by atoms with Gasteiger partial charge in [0.05, 0.1) is 0 Å². The molecular weight excluding hydrogens is 260 g/mol. The van der Waals surface area contributed by atoms with E-state index in [-0.39, 0.29) is 0 Å². The zero-order chi connectivity index (χ0) is 15.1. The lowest BCUT2D eigenvalue weighted by Crippen LogP contribution is -2.08. The summed E-state index contributed by atoms with van der Waals surface area (Å²) in [7, 11) is 0. The molecule has 0 heterocycles. The molecule has 2 heteroatoms. The van der Waals surface area contributed by atoms with E-state index in [2.05, 4.69) is 6.92 Å². The first-order valence-electron chi connectivity index (χ1n) is 7.73. The van der Waals surface area contributed by atoms with Crippen LogP contribution in [0, 0.1) is 5.92 Å². The fourth-order valence-corrected chi connectivity index (χ4v) is 2.70. The molecule has 0 amide bonds. The van der Waals surface area contributed by atoms with E-state index in [1.807, 2.05) is 24.3 Å². The maximum atomic E-state index is 9.37. The summed E-state index contributed by atoms with van der Waals surface area (Å²) in [6.07, 6.45) is 5.71. The smallest absolute Gasteiger partial charge is 0.115 e. The summed E-state index contributed by atoms with van der Waals surface area (Å²) in [5, 5.41) is 18.7. The number of unbranched alkanes of at least 4 members (excludes halogenated alkanes) is 1. The molecule has 0 saturated heterocycles. The van der Waals surface area contributed by atoms with Gasteiger partial charge in [0.1, 0.15) is 11.5 Å². The van der Waals surface area contributed by atoms with Crippen LogP contribution in [-0.4, -0.2) is 10.2 Å². The summed E-state index contributed by atoms with van der Waals surface area (Å²) >= 11 is 0. The Balaban J connectivity index is 2.02. The van der Waals surface area contributed by atoms with Crippen LogP contribution in [0.3, 0.4) is 0 Å². The standard InChI is InChI=1S/C19H24O2/c1-2-3-4-17(13-15-5-9-18(20)10-6-15)14-16-7-11-19(21)12-8-16/h5-12,17,20-21H,2-4,13-14H2,1H3. The van der Waals surface area contributed by atoms with E-state index < -0.39 is 0 Å². The molecule has 21 heavy (non-hydrogen) atoms. The van der Waals surface area contributed by atoms with E-state index in [1.54, 1.807) is 24.3 Å². The summed E-state index contributed by atoms with van der Waals surface area (Å²) in [5.74, 6) is 1.24. The molecule has 0 unspecified atom stereocenters. The Hall–Kier alpha value is -1.96. The van der Waals surface area contributed by atoms with Gasteiger partial charge in [-0.3, -0.25) is 0 Å². The minimum Gasteiger partial charge on any atom is -0.508 e. The van der Waals surface area contributed by atoms with Crippen LogP contribution >= 0.6 is 0 Å². The normalized spacial score (nSPS) is 11.0. The molecule has 0 aromatic heterocycles. The lowest BCUT2D eigenvalue weighted by molar-refractivity contribution is 0.456. The van der Waals surface area contributed by atoms with E-state index in [1.165, 1.54) is 30.4 Å². The Morgan fingerprint density at radius 2 is 1.19 bits per heavy atom. The summed E-state index contributed by atoms with van der Waals surface area (Å²) in [6.45, 7) is 2.22. The van der Waals surface area contributed by atoms with Gasteiger partial charge < -0.3 is 10.2 Å². The van der Waals surface area contributed by atoms with Crippen molar-refractivity contribution in [3.63, 3.8) is 0 Å². The summed E-state index contributed by atoms with van der Waals surface area (Å²) < 4.78 is 0. The van der Waals surface area contributed by atoms with Gasteiger partial charge in [-0.25, -0.2) is 0 Å². The van der Waals surface area contributed by atoms with Gasteiger partial charge in [-0.2, -0.15) is 0 Å². The van der Waals surface area contributed by atoms with Gasteiger partial charge in [-0.1, -0.05) is 44.0 Å². The third-order valence-electron chi connectivity index (χ3n) is 3.89. The van der Waals surface area contributed by atoms with Gasteiger partial charge in [0.15, 0.2) is 0 Å². The van der Waals surface area contributed by atoms with Crippen molar-refractivity contribution in [2.75, 3.05) is 0 Å². The zero-order valence-corrected chi connectivity index (χ0v) is 12.6. The maximum absolute atomic E-state index is 9.37. The van der Waals surface area contributed by atoms with E-state index in [9.17, 15) is 10.2 Å². The van der Waals surface area contributed by atoms with Crippen molar-refractivity contribution in [2.24, 2.45) is 5.92 Å². The van der Waals surface area contributed by atoms with Crippen LogP contribution in [0.1, 0.15) is 37.3 Å². The van der Waals surface area contributed by atoms with Crippen molar-refractivity contribution < 1.29 is 10.2 Å². The number of aromatic hydroxyl groups is 2. The third-order valence-corrected chi connectivity index (χ3v) is 3.89. The van der Waals surface area contributed by atoms with E-state index in [0.717, 1.165) is 12.8 Å². The van der Waals surface area contributed by atoms with Crippen molar-refractivity contribution in [1.82, 2.24) is 0 Å². The van der Waals surface area contributed by atoms with Crippen molar-refractivity contribution in [1.29, 1.82) is 0 Å². The first kappa shape index (κ1) is 15.4. The van der Waals surface area contributed by atoms with Crippen LogP contribution in [-0.2, 0) is 12.8 Å². The molecule has 2 aromatic carbocycles. The molecule has 2 rings (SSSR count). The molecule has 0 radical (unpaired) electrons. The Morgan fingerprint density at radius 1 is 0.762 bits per heavy atom. The Kier molecular flexibility index (Phi) is 5.68. The van der Waals surface area contributed by atoms with Crippen LogP contribution in [0.4, 0.5) is 0 Å². The number of benzene rings is 2. The topological polar surface area (TPSA) is 40.5 Å². The average molecular weight is 284 g/mol. The fraction of sp³-hybridized carbons (Fsp3) is 0.368. The molecule has 0 fully saturated rings. The average Bonchev–Trinajstić information content (AvgIpc) is 2.49. The fourth-order valence-electron chi connectivity index (χ4n) is 2.70. The molecule has 0 aliphatic heterocycles.